The molecule has 1 aliphatic rings. The van der Waals surface area contributed by atoms with Crippen LogP contribution in [0.3, 0.4) is 0 Å². The fourth-order valence-corrected chi connectivity index (χ4v) is 2.72. The van der Waals surface area contributed by atoms with Crippen molar-refractivity contribution in [1.82, 2.24) is 15.0 Å². The van der Waals surface area contributed by atoms with Gasteiger partial charge in [0.2, 0.25) is 0 Å². The van der Waals surface area contributed by atoms with E-state index in [-0.39, 0.29) is 0 Å². The quantitative estimate of drug-likeness (QED) is 0.791. The molecule has 1 N–H and O–H groups in total. The van der Waals surface area contributed by atoms with Crippen molar-refractivity contribution in [3.63, 3.8) is 0 Å². The summed E-state index contributed by atoms with van der Waals surface area (Å²) in [5, 5.41) is 4.55. The monoisotopic (exact) mass is 268 g/mol. The number of anilines is 1. The van der Waals surface area contributed by atoms with Crippen LogP contribution in [0.1, 0.15) is 12.8 Å². The minimum absolute atomic E-state index is 0.588. The van der Waals surface area contributed by atoms with Crippen LogP contribution in [-0.4, -0.2) is 21.0 Å². The van der Waals surface area contributed by atoms with Crippen molar-refractivity contribution in [2.75, 3.05) is 5.32 Å². The summed E-state index contributed by atoms with van der Waals surface area (Å²) < 4.78 is 0. The molecule has 1 aromatic carbocycles. The Hall–Kier alpha value is -2.01. The SMILES string of the molecule is c1nc(NC2CC2)c2cc(-c3cncs3)ccc2n1. The molecule has 3 aromatic rings. The molecule has 1 aliphatic carbocycles. The fourth-order valence-electron chi connectivity index (χ4n) is 2.10. The van der Waals surface area contributed by atoms with E-state index in [1.54, 1.807) is 17.7 Å². The van der Waals surface area contributed by atoms with Crippen molar-refractivity contribution in [1.29, 1.82) is 0 Å². The summed E-state index contributed by atoms with van der Waals surface area (Å²) >= 11 is 1.64. The van der Waals surface area contributed by atoms with Crippen molar-refractivity contribution in [3.05, 3.63) is 36.2 Å². The molecule has 0 bridgehead atoms. The zero-order chi connectivity index (χ0) is 12.7. The van der Waals surface area contributed by atoms with Crippen molar-refractivity contribution < 1.29 is 0 Å². The van der Waals surface area contributed by atoms with E-state index in [4.69, 9.17) is 0 Å². The lowest BCUT2D eigenvalue weighted by Crippen LogP contribution is -2.04. The minimum Gasteiger partial charge on any atom is -0.367 e. The molecule has 19 heavy (non-hydrogen) atoms. The standard InChI is InChI=1S/C14H12N4S/c1-4-12-11(5-9(1)13-6-15-8-19-13)14(17-7-16-12)18-10-2-3-10/h1,4-8,10H,2-3H2,(H,16,17,18). The van der Waals surface area contributed by atoms with Crippen LogP contribution in [0.5, 0.6) is 0 Å². The smallest absolute Gasteiger partial charge is 0.137 e. The zero-order valence-electron chi connectivity index (χ0n) is 10.2. The first-order valence-corrected chi connectivity index (χ1v) is 7.18. The van der Waals surface area contributed by atoms with Crippen LogP contribution in [0, 0.1) is 0 Å². The second kappa shape index (κ2) is 4.28. The van der Waals surface area contributed by atoms with Crippen LogP contribution in [-0.2, 0) is 0 Å². The fraction of sp³-hybridized carbons (Fsp3) is 0.214. The van der Waals surface area contributed by atoms with Gasteiger partial charge in [-0.15, -0.1) is 11.3 Å². The van der Waals surface area contributed by atoms with Gasteiger partial charge in [0.25, 0.3) is 0 Å². The maximum atomic E-state index is 4.38. The number of nitrogens with zero attached hydrogens (tertiary/aromatic N) is 3. The third-order valence-corrected chi connectivity index (χ3v) is 4.09. The Balaban J connectivity index is 1.85. The predicted molar refractivity (Wildman–Crippen MR) is 77.3 cm³/mol. The lowest BCUT2D eigenvalue weighted by molar-refractivity contribution is 1.10. The van der Waals surface area contributed by atoms with Crippen LogP contribution in [0.25, 0.3) is 21.3 Å². The van der Waals surface area contributed by atoms with Gasteiger partial charge in [-0.1, -0.05) is 6.07 Å². The summed E-state index contributed by atoms with van der Waals surface area (Å²) in [5.41, 5.74) is 4.00. The summed E-state index contributed by atoms with van der Waals surface area (Å²) in [7, 11) is 0. The molecule has 94 valence electrons. The molecule has 0 saturated heterocycles. The van der Waals surface area contributed by atoms with Gasteiger partial charge in [-0.05, 0) is 30.5 Å². The van der Waals surface area contributed by atoms with E-state index < -0.39 is 0 Å². The van der Waals surface area contributed by atoms with Crippen LogP contribution < -0.4 is 5.32 Å². The molecule has 1 saturated carbocycles. The number of hydrogen-bond acceptors (Lipinski definition) is 5. The maximum Gasteiger partial charge on any atom is 0.137 e. The lowest BCUT2D eigenvalue weighted by atomic mass is 10.1. The molecule has 0 radical (unpaired) electrons. The Morgan fingerprint density at radius 1 is 1.21 bits per heavy atom. The number of benzene rings is 1. The first-order chi connectivity index (χ1) is 9.40. The molecule has 4 nitrogen and oxygen atoms in total. The molecule has 0 spiro atoms. The largest absolute Gasteiger partial charge is 0.367 e. The number of thiazole rings is 1. The van der Waals surface area contributed by atoms with Gasteiger partial charge in [0.05, 0.1) is 15.9 Å². The van der Waals surface area contributed by atoms with Gasteiger partial charge >= 0.3 is 0 Å². The Kier molecular flexibility index (Phi) is 2.45. The molecular weight excluding hydrogens is 256 g/mol. The maximum absolute atomic E-state index is 4.38. The molecule has 4 rings (SSSR count). The van der Waals surface area contributed by atoms with Crippen molar-refractivity contribution >= 4 is 28.1 Å². The molecule has 0 amide bonds. The van der Waals surface area contributed by atoms with Gasteiger partial charge in [-0.25, -0.2) is 9.97 Å². The summed E-state index contributed by atoms with van der Waals surface area (Å²) in [6.07, 6.45) is 5.99. The van der Waals surface area contributed by atoms with Crippen LogP contribution in [0.2, 0.25) is 0 Å². The second-order valence-corrected chi connectivity index (χ2v) is 5.62. The number of rotatable bonds is 3. The first-order valence-electron chi connectivity index (χ1n) is 6.30. The van der Waals surface area contributed by atoms with Crippen LogP contribution in [0.15, 0.2) is 36.2 Å². The summed E-state index contributed by atoms with van der Waals surface area (Å²) in [6, 6.07) is 6.87. The number of fused-ring (bicyclic) bond motifs is 1. The van der Waals surface area contributed by atoms with E-state index in [1.807, 2.05) is 17.8 Å². The normalized spacial score (nSPS) is 14.7. The van der Waals surface area contributed by atoms with Gasteiger partial charge in [-0.2, -0.15) is 0 Å². The van der Waals surface area contributed by atoms with Crippen LogP contribution in [0.4, 0.5) is 5.82 Å². The molecule has 0 atom stereocenters. The molecular formula is C14H12N4S. The average molecular weight is 268 g/mol. The van der Waals surface area contributed by atoms with E-state index in [0.717, 1.165) is 16.7 Å². The molecule has 0 aliphatic heterocycles. The molecule has 5 heteroatoms. The summed E-state index contributed by atoms with van der Waals surface area (Å²) in [5.74, 6) is 0.943. The highest BCUT2D eigenvalue weighted by molar-refractivity contribution is 7.13. The molecule has 1 fully saturated rings. The Labute approximate surface area is 114 Å². The van der Waals surface area contributed by atoms with Crippen molar-refractivity contribution in [3.8, 4) is 10.4 Å². The van der Waals surface area contributed by atoms with Gasteiger partial charge in [0.1, 0.15) is 12.1 Å². The van der Waals surface area contributed by atoms with E-state index in [1.165, 1.54) is 23.3 Å². The average Bonchev–Trinajstić information content (AvgIpc) is 3.09. The summed E-state index contributed by atoms with van der Waals surface area (Å²) in [4.78, 5) is 14.0. The second-order valence-electron chi connectivity index (χ2n) is 4.74. The van der Waals surface area contributed by atoms with Crippen LogP contribution >= 0.6 is 11.3 Å². The highest BCUT2D eigenvalue weighted by Gasteiger charge is 2.22. The number of nitrogens with one attached hydrogen (secondary N) is 1. The highest BCUT2D eigenvalue weighted by atomic mass is 32.1. The molecule has 0 unspecified atom stereocenters. The third-order valence-electron chi connectivity index (χ3n) is 3.27. The minimum atomic E-state index is 0.588. The van der Waals surface area contributed by atoms with Gasteiger partial charge < -0.3 is 5.32 Å². The summed E-state index contributed by atoms with van der Waals surface area (Å²) in [6.45, 7) is 0. The van der Waals surface area contributed by atoms with E-state index in [9.17, 15) is 0 Å². The first kappa shape index (κ1) is 10.9. The van der Waals surface area contributed by atoms with Gasteiger partial charge in [0.15, 0.2) is 0 Å². The van der Waals surface area contributed by atoms with Crippen molar-refractivity contribution in [2.24, 2.45) is 0 Å². The Bertz CT molecular complexity index is 719. The van der Waals surface area contributed by atoms with E-state index in [0.29, 0.717) is 6.04 Å². The molecule has 2 heterocycles. The van der Waals surface area contributed by atoms with Gasteiger partial charge in [0, 0.05) is 17.6 Å². The number of hydrogen-bond donors (Lipinski definition) is 1. The predicted octanol–water partition coefficient (Wildman–Crippen LogP) is 3.33. The van der Waals surface area contributed by atoms with Crippen molar-refractivity contribution in [2.45, 2.75) is 18.9 Å². The molecule has 2 aromatic heterocycles. The highest BCUT2D eigenvalue weighted by Crippen LogP contribution is 2.31. The van der Waals surface area contributed by atoms with Gasteiger partial charge in [-0.3, -0.25) is 4.98 Å². The number of aromatic nitrogens is 3. The Morgan fingerprint density at radius 2 is 2.16 bits per heavy atom. The third kappa shape index (κ3) is 2.06. The zero-order valence-corrected chi connectivity index (χ0v) is 11.0. The van der Waals surface area contributed by atoms with E-state index in [2.05, 4.69) is 32.4 Å². The van der Waals surface area contributed by atoms with E-state index >= 15 is 0 Å². The lowest BCUT2D eigenvalue weighted by Gasteiger charge is -2.08. The Morgan fingerprint density at radius 3 is 2.95 bits per heavy atom. The topological polar surface area (TPSA) is 50.7 Å².